The molecule has 38 heavy (non-hydrogen) atoms. The number of para-hydroxylation sites is 1. The van der Waals surface area contributed by atoms with Crippen LogP contribution in [-0.4, -0.2) is 61.6 Å². The average Bonchev–Trinajstić information content (AvgIpc) is 3.47. The third kappa shape index (κ3) is 4.00. The topological polar surface area (TPSA) is 83.5 Å². The van der Waals surface area contributed by atoms with Crippen molar-refractivity contribution in [3.8, 4) is 0 Å². The number of benzene rings is 2. The highest BCUT2D eigenvalue weighted by Crippen LogP contribution is 2.47. The Kier molecular flexibility index (Phi) is 5.58. The number of nitrogens with zero attached hydrogens (tertiary/aromatic N) is 4. The van der Waals surface area contributed by atoms with Crippen LogP contribution in [0.25, 0.3) is 10.9 Å². The number of hydrogen-bond donors (Lipinski definition) is 1. The number of aromatic nitrogens is 3. The van der Waals surface area contributed by atoms with E-state index in [1.807, 2.05) is 75.1 Å². The summed E-state index contributed by atoms with van der Waals surface area (Å²) < 4.78 is 7.88. The van der Waals surface area contributed by atoms with Gasteiger partial charge in [-0.15, -0.1) is 0 Å². The van der Waals surface area contributed by atoms with Gasteiger partial charge in [0.25, 0.3) is 11.8 Å². The van der Waals surface area contributed by atoms with Crippen LogP contribution < -0.4 is 0 Å². The third-order valence-corrected chi connectivity index (χ3v) is 8.36. The highest BCUT2D eigenvalue weighted by atomic mass is 16.5. The number of amides is 2. The molecule has 1 saturated carbocycles. The molecule has 1 spiro atoms. The second-order valence-electron chi connectivity index (χ2n) is 10.7. The van der Waals surface area contributed by atoms with Gasteiger partial charge in [0.1, 0.15) is 11.4 Å². The largest absolute Gasteiger partial charge is 0.375 e. The second kappa shape index (κ2) is 9.13. The van der Waals surface area contributed by atoms with E-state index in [-0.39, 0.29) is 17.4 Å². The molecule has 4 heterocycles. The van der Waals surface area contributed by atoms with Crippen molar-refractivity contribution in [2.75, 3.05) is 19.7 Å². The second-order valence-corrected chi connectivity index (χ2v) is 10.7. The lowest BCUT2D eigenvalue weighted by Gasteiger charge is -2.31. The van der Waals surface area contributed by atoms with Gasteiger partial charge in [0.15, 0.2) is 0 Å². The highest BCUT2D eigenvalue weighted by Gasteiger charge is 2.52. The fourth-order valence-corrected chi connectivity index (χ4v) is 6.08. The summed E-state index contributed by atoms with van der Waals surface area (Å²) in [6.45, 7) is 3.30. The summed E-state index contributed by atoms with van der Waals surface area (Å²) in [5.41, 5.74) is 5.06. The molecule has 8 nitrogen and oxygen atoms in total. The van der Waals surface area contributed by atoms with Crippen LogP contribution in [0.1, 0.15) is 57.1 Å². The first-order valence-corrected chi connectivity index (χ1v) is 13.5. The smallest absolute Gasteiger partial charge is 0.273 e. The molecule has 1 N–H and O–H groups in total. The van der Waals surface area contributed by atoms with E-state index in [9.17, 15) is 9.59 Å². The first-order valence-electron chi connectivity index (χ1n) is 13.5. The maximum atomic E-state index is 14.1. The molecule has 0 radical (unpaired) electrons. The maximum absolute atomic E-state index is 14.1. The molecule has 3 aliphatic rings. The van der Waals surface area contributed by atoms with E-state index in [4.69, 9.17) is 9.84 Å². The summed E-state index contributed by atoms with van der Waals surface area (Å²) in [4.78, 5) is 34.6. The molecule has 7 rings (SSSR count). The van der Waals surface area contributed by atoms with Crippen LogP contribution in [0, 0.1) is 0 Å². The summed E-state index contributed by atoms with van der Waals surface area (Å²) in [6, 6.07) is 19.9. The number of hydrogen-bond acceptors (Lipinski definition) is 4. The number of carbonyl (C=O) groups is 2. The SMILES string of the molecule is O=C(c1cc2ccccc2[nH]1)N1CCc2nn3c(c2C1)C(=O)N(CCOCc1ccccc1)C1(CC3)CC1. The molecule has 0 unspecified atom stereocenters. The van der Waals surface area contributed by atoms with Crippen molar-refractivity contribution in [2.45, 2.75) is 50.9 Å². The van der Waals surface area contributed by atoms with Crippen molar-refractivity contribution >= 4 is 22.7 Å². The van der Waals surface area contributed by atoms with Crippen LogP contribution in [-0.2, 0) is 30.9 Å². The monoisotopic (exact) mass is 509 g/mol. The van der Waals surface area contributed by atoms with Crippen LogP contribution in [0.2, 0.25) is 0 Å². The molecule has 1 fully saturated rings. The van der Waals surface area contributed by atoms with Crippen molar-refractivity contribution in [1.29, 1.82) is 0 Å². The van der Waals surface area contributed by atoms with Crippen LogP contribution in [0.5, 0.6) is 0 Å². The number of aryl methyl sites for hydroxylation is 1. The van der Waals surface area contributed by atoms with Gasteiger partial charge in [-0.05, 0) is 37.0 Å². The zero-order chi connectivity index (χ0) is 25.7. The molecule has 2 aromatic heterocycles. The number of carbonyl (C=O) groups excluding carboxylic acids is 2. The standard InChI is InChI=1S/C30H31N5O3/c36-28(26-18-22-8-4-5-9-24(22)31-26)33-14-10-25-23(19-33)27-29(37)34(30(11-12-30)13-15-35(27)32-25)16-17-38-20-21-6-2-1-3-7-21/h1-9,18,31H,10-17,19-20H2. The summed E-state index contributed by atoms with van der Waals surface area (Å²) in [5.74, 6) is -0.0188. The van der Waals surface area contributed by atoms with Gasteiger partial charge in [0.2, 0.25) is 0 Å². The Morgan fingerprint density at radius 3 is 2.66 bits per heavy atom. The predicted octanol–water partition coefficient (Wildman–Crippen LogP) is 4.16. The minimum Gasteiger partial charge on any atom is -0.375 e. The lowest BCUT2D eigenvalue weighted by Crippen LogP contribution is -2.44. The number of nitrogens with one attached hydrogen (secondary N) is 1. The van der Waals surface area contributed by atoms with Gasteiger partial charge in [-0.1, -0.05) is 48.5 Å². The Morgan fingerprint density at radius 2 is 1.84 bits per heavy atom. The lowest BCUT2D eigenvalue weighted by molar-refractivity contribution is 0.0474. The van der Waals surface area contributed by atoms with E-state index in [0.29, 0.717) is 50.7 Å². The van der Waals surface area contributed by atoms with Crippen LogP contribution in [0.15, 0.2) is 60.7 Å². The van der Waals surface area contributed by atoms with Crippen molar-refractivity contribution in [2.24, 2.45) is 0 Å². The molecule has 2 aromatic carbocycles. The summed E-state index contributed by atoms with van der Waals surface area (Å²) in [7, 11) is 0. The van der Waals surface area contributed by atoms with Crippen LogP contribution >= 0.6 is 0 Å². The van der Waals surface area contributed by atoms with Gasteiger partial charge in [-0.3, -0.25) is 14.3 Å². The molecule has 0 saturated heterocycles. The molecule has 8 heteroatoms. The average molecular weight is 510 g/mol. The minimum absolute atomic E-state index is 0.0250. The molecule has 2 amide bonds. The molecule has 0 atom stereocenters. The van der Waals surface area contributed by atoms with Crippen molar-refractivity contribution in [3.63, 3.8) is 0 Å². The van der Waals surface area contributed by atoms with E-state index in [2.05, 4.69) is 4.98 Å². The predicted molar refractivity (Wildman–Crippen MR) is 143 cm³/mol. The number of fused-ring (bicyclic) bond motifs is 4. The zero-order valence-corrected chi connectivity index (χ0v) is 21.4. The van der Waals surface area contributed by atoms with Gasteiger partial charge in [0, 0.05) is 48.1 Å². The number of ether oxygens (including phenoxy) is 1. The van der Waals surface area contributed by atoms with Gasteiger partial charge in [0.05, 0.1) is 25.5 Å². The van der Waals surface area contributed by atoms with Crippen molar-refractivity contribution in [1.82, 2.24) is 24.6 Å². The normalized spacial score (nSPS) is 17.9. The third-order valence-electron chi connectivity index (χ3n) is 8.36. The van der Waals surface area contributed by atoms with Crippen LogP contribution in [0.3, 0.4) is 0 Å². The van der Waals surface area contributed by atoms with E-state index in [1.165, 1.54) is 0 Å². The Hall–Kier alpha value is -3.91. The van der Waals surface area contributed by atoms with E-state index in [0.717, 1.165) is 53.5 Å². The number of H-pyrrole nitrogens is 1. The van der Waals surface area contributed by atoms with Crippen molar-refractivity contribution < 1.29 is 14.3 Å². The Bertz CT molecular complexity index is 1480. The highest BCUT2D eigenvalue weighted by molar-refractivity contribution is 5.99. The zero-order valence-electron chi connectivity index (χ0n) is 21.4. The quantitative estimate of drug-likeness (QED) is 0.396. The summed E-state index contributed by atoms with van der Waals surface area (Å²) >= 11 is 0. The molecule has 2 aliphatic heterocycles. The van der Waals surface area contributed by atoms with Gasteiger partial charge in [-0.2, -0.15) is 5.10 Å². The fourth-order valence-electron chi connectivity index (χ4n) is 6.08. The number of aromatic amines is 1. The Labute approximate surface area is 221 Å². The fraction of sp³-hybridized carbons (Fsp3) is 0.367. The first kappa shape index (κ1) is 23.2. The minimum atomic E-state index is -0.0880. The van der Waals surface area contributed by atoms with Crippen LogP contribution in [0.4, 0.5) is 0 Å². The molecule has 0 bridgehead atoms. The molecular weight excluding hydrogens is 478 g/mol. The van der Waals surface area contributed by atoms with E-state index >= 15 is 0 Å². The van der Waals surface area contributed by atoms with Gasteiger partial charge < -0.3 is 19.5 Å². The molecule has 1 aliphatic carbocycles. The van der Waals surface area contributed by atoms with E-state index in [1.54, 1.807) is 0 Å². The van der Waals surface area contributed by atoms with E-state index < -0.39 is 0 Å². The van der Waals surface area contributed by atoms with Crippen molar-refractivity contribution in [3.05, 3.63) is 88.9 Å². The Morgan fingerprint density at radius 1 is 1.03 bits per heavy atom. The maximum Gasteiger partial charge on any atom is 0.273 e. The number of rotatable bonds is 6. The van der Waals surface area contributed by atoms with Gasteiger partial charge in [-0.25, -0.2) is 0 Å². The molecule has 4 aromatic rings. The summed E-state index contributed by atoms with van der Waals surface area (Å²) in [6.07, 6.45) is 3.60. The van der Waals surface area contributed by atoms with Gasteiger partial charge >= 0.3 is 0 Å². The summed E-state index contributed by atoms with van der Waals surface area (Å²) in [5, 5.41) is 5.88. The lowest BCUT2D eigenvalue weighted by atomic mass is 10.0. The molecule has 194 valence electrons. The first-order chi connectivity index (χ1) is 18.6. The molecular formula is C30H31N5O3. The Balaban J connectivity index is 1.11.